The Morgan fingerprint density at radius 1 is 1.67 bits per heavy atom. The van der Waals surface area contributed by atoms with Gasteiger partial charge in [-0.05, 0) is 31.4 Å². The Morgan fingerprint density at radius 3 is 3.00 bits per heavy atom. The molecule has 0 amide bonds. The molecule has 1 aromatic rings. The van der Waals surface area contributed by atoms with Crippen LogP contribution in [0.25, 0.3) is 6.08 Å². The van der Waals surface area contributed by atoms with Crippen LogP contribution in [0.1, 0.15) is 31.9 Å². The van der Waals surface area contributed by atoms with Gasteiger partial charge < -0.3 is 5.32 Å². The van der Waals surface area contributed by atoms with Crippen LogP contribution >= 0.6 is 0 Å². The molecule has 1 aromatic heterocycles. The van der Waals surface area contributed by atoms with Crippen LogP contribution in [0.3, 0.4) is 0 Å². The SMILES string of the molecule is CCC(=Cc1ccnn1C)CNC1CC1. The fraction of sp³-hybridized carbons (Fsp3) is 0.583. The van der Waals surface area contributed by atoms with Crippen LogP contribution in [-0.2, 0) is 7.05 Å². The molecule has 3 nitrogen and oxygen atoms in total. The van der Waals surface area contributed by atoms with Crippen LogP contribution in [0.15, 0.2) is 17.8 Å². The third-order valence-corrected chi connectivity index (χ3v) is 2.86. The van der Waals surface area contributed by atoms with Crippen LogP contribution in [0, 0.1) is 0 Å². The quantitative estimate of drug-likeness (QED) is 0.796. The summed E-state index contributed by atoms with van der Waals surface area (Å²) in [5.74, 6) is 0. The number of nitrogens with one attached hydrogen (secondary N) is 1. The number of hydrogen-bond acceptors (Lipinski definition) is 2. The Hall–Kier alpha value is -1.09. The van der Waals surface area contributed by atoms with E-state index in [1.165, 1.54) is 24.1 Å². The summed E-state index contributed by atoms with van der Waals surface area (Å²) in [6, 6.07) is 2.83. The molecule has 2 rings (SSSR count). The first kappa shape index (κ1) is 10.4. The molecule has 1 aliphatic rings. The van der Waals surface area contributed by atoms with E-state index < -0.39 is 0 Å². The van der Waals surface area contributed by atoms with Gasteiger partial charge in [-0.25, -0.2) is 0 Å². The fourth-order valence-corrected chi connectivity index (χ4v) is 1.58. The molecule has 0 unspecified atom stereocenters. The van der Waals surface area contributed by atoms with Gasteiger partial charge in [0.25, 0.3) is 0 Å². The van der Waals surface area contributed by atoms with Gasteiger partial charge in [0.2, 0.25) is 0 Å². The van der Waals surface area contributed by atoms with Crippen molar-refractivity contribution in [1.29, 1.82) is 0 Å². The third-order valence-electron chi connectivity index (χ3n) is 2.86. The second-order valence-electron chi connectivity index (χ2n) is 4.19. The lowest BCUT2D eigenvalue weighted by atomic mass is 10.1. The van der Waals surface area contributed by atoms with E-state index in [1.807, 2.05) is 24.0 Å². The van der Waals surface area contributed by atoms with Gasteiger partial charge in [0.1, 0.15) is 0 Å². The molecular weight excluding hydrogens is 186 g/mol. The number of aryl methyl sites for hydroxylation is 1. The van der Waals surface area contributed by atoms with E-state index in [1.54, 1.807) is 0 Å². The van der Waals surface area contributed by atoms with Crippen molar-refractivity contribution in [1.82, 2.24) is 15.1 Å². The van der Waals surface area contributed by atoms with E-state index in [2.05, 4.69) is 23.4 Å². The van der Waals surface area contributed by atoms with Crippen molar-refractivity contribution < 1.29 is 0 Å². The summed E-state index contributed by atoms with van der Waals surface area (Å²) in [6.45, 7) is 3.23. The standard InChI is InChI=1S/C12H19N3/c1-3-10(9-13-11-4-5-11)8-12-6-7-14-15(12)2/h6-8,11,13H,3-5,9H2,1-2H3. The van der Waals surface area contributed by atoms with Crippen LogP contribution in [-0.4, -0.2) is 22.4 Å². The summed E-state index contributed by atoms with van der Waals surface area (Å²) in [5, 5.41) is 7.70. The molecule has 0 aliphatic heterocycles. The van der Waals surface area contributed by atoms with Gasteiger partial charge in [0.15, 0.2) is 0 Å². The Labute approximate surface area is 91.2 Å². The third kappa shape index (κ3) is 2.93. The van der Waals surface area contributed by atoms with E-state index in [0.29, 0.717) is 0 Å². The lowest BCUT2D eigenvalue weighted by molar-refractivity contribution is 0.720. The molecule has 1 saturated carbocycles. The highest BCUT2D eigenvalue weighted by molar-refractivity contribution is 5.49. The first-order valence-electron chi connectivity index (χ1n) is 5.70. The normalized spacial score (nSPS) is 17.1. The van der Waals surface area contributed by atoms with Crippen molar-refractivity contribution in [2.75, 3.05) is 6.54 Å². The maximum atomic E-state index is 4.16. The summed E-state index contributed by atoms with van der Waals surface area (Å²) in [5.41, 5.74) is 2.63. The summed E-state index contributed by atoms with van der Waals surface area (Å²) < 4.78 is 1.91. The number of aromatic nitrogens is 2. The van der Waals surface area contributed by atoms with E-state index in [-0.39, 0.29) is 0 Å². The van der Waals surface area contributed by atoms with E-state index in [9.17, 15) is 0 Å². The molecule has 0 atom stereocenters. The molecule has 3 heteroatoms. The Balaban J connectivity index is 1.97. The molecule has 1 fully saturated rings. The summed E-state index contributed by atoms with van der Waals surface area (Å²) in [7, 11) is 1.98. The van der Waals surface area contributed by atoms with Gasteiger partial charge in [0.05, 0.1) is 5.69 Å². The minimum atomic E-state index is 0.784. The Morgan fingerprint density at radius 2 is 2.47 bits per heavy atom. The molecular formula is C12H19N3. The molecule has 0 saturated heterocycles. The molecule has 0 aromatic carbocycles. The highest BCUT2D eigenvalue weighted by Crippen LogP contribution is 2.19. The monoisotopic (exact) mass is 205 g/mol. The predicted octanol–water partition coefficient (Wildman–Crippen LogP) is 1.97. The summed E-state index contributed by atoms with van der Waals surface area (Å²) in [6.07, 6.45) is 7.88. The zero-order chi connectivity index (χ0) is 10.7. The van der Waals surface area contributed by atoms with E-state index >= 15 is 0 Å². The largest absolute Gasteiger partial charge is 0.310 e. The molecule has 0 bridgehead atoms. The van der Waals surface area contributed by atoms with Crippen molar-refractivity contribution in [3.8, 4) is 0 Å². The highest BCUT2D eigenvalue weighted by Gasteiger charge is 2.20. The van der Waals surface area contributed by atoms with Gasteiger partial charge >= 0.3 is 0 Å². The Kier molecular flexibility index (Phi) is 3.21. The molecule has 0 spiro atoms. The average Bonchev–Trinajstić information content (AvgIpc) is 2.98. The van der Waals surface area contributed by atoms with Crippen LogP contribution in [0.5, 0.6) is 0 Å². The topological polar surface area (TPSA) is 29.9 Å². The molecule has 0 radical (unpaired) electrons. The number of rotatable bonds is 5. The fourth-order valence-electron chi connectivity index (χ4n) is 1.58. The van der Waals surface area contributed by atoms with Gasteiger partial charge in [-0.1, -0.05) is 12.5 Å². The second-order valence-corrected chi connectivity index (χ2v) is 4.19. The van der Waals surface area contributed by atoms with Gasteiger partial charge in [-0.15, -0.1) is 0 Å². The van der Waals surface area contributed by atoms with Gasteiger partial charge in [0, 0.05) is 25.8 Å². The number of nitrogens with zero attached hydrogens (tertiary/aromatic N) is 2. The number of hydrogen-bond donors (Lipinski definition) is 1. The minimum absolute atomic E-state index is 0.784. The van der Waals surface area contributed by atoms with Gasteiger partial charge in [-0.3, -0.25) is 4.68 Å². The zero-order valence-corrected chi connectivity index (χ0v) is 9.53. The molecule has 1 aliphatic carbocycles. The summed E-state index contributed by atoms with van der Waals surface area (Å²) in [4.78, 5) is 0. The van der Waals surface area contributed by atoms with Crippen molar-refractivity contribution in [3.05, 3.63) is 23.5 Å². The predicted molar refractivity (Wildman–Crippen MR) is 62.5 cm³/mol. The smallest absolute Gasteiger partial charge is 0.0606 e. The van der Waals surface area contributed by atoms with Crippen molar-refractivity contribution in [2.45, 2.75) is 32.2 Å². The van der Waals surface area contributed by atoms with Crippen LogP contribution in [0.2, 0.25) is 0 Å². The second kappa shape index (κ2) is 4.62. The average molecular weight is 205 g/mol. The first-order valence-corrected chi connectivity index (χ1v) is 5.70. The van der Waals surface area contributed by atoms with Crippen molar-refractivity contribution in [3.63, 3.8) is 0 Å². The molecule has 82 valence electrons. The maximum absolute atomic E-state index is 4.16. The lowest BCUT2D eigenvalue weighted by Crippen LogP contribution is -2.19. The van der Waals surface area contributed by atoms with E-state index in [4.69, 9.17) is 0 Å². The molecule has 1 heterocycles. The van der Waals surface area contributed by atoms with Crippen molar-refractivity contribution >= 4 is 6.08 Å². The minimum Gasteiger partial charge on any atom is -0.310 e. The maximum Gasteiger partial charge on any atom is 0.0606 e. The van der Waals surface area contributed by atoms with E-state index in [0.717, 1.165) is 19.0 Å². The Bertz CT molecular complexity index is 348. The van der Waals surface area contributed by atoms with Crippen LogP contribution < -0.4 is 5.32 Å². The van der Waals surface area contributed by atoms with Crippen LogP contribution in [0.4, 0.5) is 0 Å². The van der Waals surface area contributed by atoms with Gasteiger partial charge in [-0.2, -0.15) is 5.10 Å². The summed E-state index contributed by atoms with van der Waals surface area (Å²) >= 11 is 0. The molecule has 1 N–H and O–H groups in total. The lowest BCUT2D eigenvalue weighted by Gasteiger charge is -2.06. The zero-order valence-electron chi connectivity index (χ0n) is 9.53. The highest BCUT2D eigenvalue weighted by atomic mass is 15.2. The van der Waals surface area contributed by atoms with Crippen molar-refractivity contribution in [2.24, 2.45) is 7.05 Å². The molecule has 15 heavy (non-hydrogen) atoms. The first-order chi connectivity index (χ1) is 7.29.